The van der Waals surface area contributed by atoms with Gasteiger partial charge in [-0.05, 0) is 5.92 Å². The summed E-state index contributed by atoms with van der Waals surface area (Å²) in [6.07, 6.45) is 0. The molecule has 38 valence electrons. The van der Waals surface area contributed by atoms with Gasteiger partial charge < -0.3 is 0 Å². The minimum atomic E-state index is 0.822. The molecule has 0 aliphatic rings. The summed E-state index contributed by atoms with van der Waals surface area (Å²) in [6.45, 7) is 6.69. The summed E-state index contributed by atoms with van der Waals surface area (Å²) in [5.74, 6) is 0.839. The molecule has 1 heteroatoms. The van der Waals surface area contributed by atoms with Gasteiger partial charge in [-0.3, -0.25) is 0 Å². The Morgan fingerprint density at radius 1 is 1.17 bits per heavy atom. The maximum Gasteiger partial charge on any atom is 0.0104 e. The molecule has 0 aromatic rings. The van der Waals surface area contributed by atoms with Crippen LogP contribution in [-0.4, -0.2) is 3.92 Å². The van der Waals surface area contributed by atoms with Gasteiger partial charge in [0, 0.05) is 3.92 Å². The van der Waals surface area contributed by atoms with Gasteiger partial charge in [0.05, 0.1) is 0 Å². The Kier molecular flexibility index (Phi) is 3.17. The fourth-order valence-corrected chi connectivity index (χ4v) is 0. The Bertz CT molecular complexity index is 24.9. The van der Waals surface area contributed by atoms with Crippen LogP contribution in [0.15, 0.2) is 0 Å². The van der Waals surface area contributed by atoms with E-state index in [9.17, 15) is 0 Å². The number of hydrogen-bond donors (Lipinski definition) is 0. The van der Waals surface area contributed by atoms with E-state index in [1.54, 1.807) is 0 Å². The SMILES string of the molecule is CC(C)[C@@H](C)I. The highest BCUT2D eigenvalue weighted by Gasteiger charge is 1.97. The maximum atomic E-state index is 2.43. The fraction of sp³-hybridized carbons (Fsp3) is 1.00. The highest BCUT2D eigenvalue weighted by atomic mass is 127. The van der Waals surface area contributed by atoms with E-state index >= 15 is 0 Å². The van der Waals surface area contributed by atoms with Gasteiger partial charge in [-0.25, -0.2) is 0 Å². The molecule has 6 heavy (non-hydrogen) atoms. The van der Waals surface area contributed by atoms with Crippen LogP contribution in [0.25, 0.3) is 0 Å². The van der Waals surface area contributed by atoms with Crippen molar-refractivity contribution in [2.24, 2.45) is 5.92 Å². The molecule has 1 atom stereocenters. The van der Waals surface area contributed by atoms with Gasteiger partial charge >= 0.3 is 0 Å². The lowest BCUT2D eigenvalue weighted by atomic mass is 10.2. The summed E-state index contributed by atoms with van der Waals surface area (Å²) in [7, 11) is 0. The van der Waals surface area contributed by atoms with Crippen molar-refractivity contribution in [3.05, 3.63) is 0 Å². The molecule has 0 aromatic carbocycles. The molecule has 0 aliphatic carbocycles. The Hall–Kier alpha value is 0.730. The van der Waals surface area contributed by atoms with Crippen molar-refractivity contribution in [2.45, 2.75) is 24.7 Å². The van der Waals surface area contributed by atoms with Gasteiger partial charge in [-0.1, -0.05) is 43.4 Å². The summed E-state index contributed by atoms with van der Waals surface area (Å²) in [6, 6.07) is 0. The van der Waals surface area contributed by atoms with Crippen molar-refractivity contribution < 1.29 is 0 Å². The highest BCUT2D eigenvalue weighted by Crippen LogP contribution is 2.09. The highest BCUT2D eigenvalue weighted by molar-refractivity contribution is 14.1. The lowest BCUT2D eigenvalue weighted by molar-refractivity contribution is 0.661. The monoisotopic (exact) mass is 198 g/mol. The molecular formula is C5H11I. The summed E-state index contributed by atoms with van der Waals surface area (Å²) in [5, 5.41) is 0. The molecule has 0 radical (unpaired) electrons. The van der Waals surface area contributed by atoms with Crippen LogP contribution in [-0.2, 0) is 0 Å². The summed E-state index contributed by atoms with van der Waals surface area (Å²) in [5.41, 5.74) is 0. The number of alkyl halides is 1. The third-order valence-electron chi connectivity index (χ3n) is 0.919. The first kappa shape index (κ1) is 6.73. The molecule has 0 saturated heterocycles. The summed E-state index contributed by atoms with van der Waals surface area (Å²) < 4.78 is 0.822. The van der Waals surface area contributed by atoms with Crippen molar-refractivity contribution >= 4 is 22.6 Å². The number of halogens is 1. The van der Waals surface area contributed by atoms with Crippen LogP contribution in [0.5, 0.6) is 0 Å². The topological polar surface area (TPSA) is 0 Å². The molecule has 0 fully saturated rings. The second kappa shape index (κ2) is 2.83. The molecule has 0 N–H and O–H groups in total. The normalized spacial score (nSPS) is 15.5. The second-order valence-electron chi connectivity index (χ2n) is 1.92. The first-order valence-electron chi connectivity index (χ1n) is 2.28. The zero-order chi connectivity index (χ0) is 5.15. The summed E-state index contributed by atoms with van der Waals surface area (Å²) in [4.78, 5) is 0. The smallest absolute Gasteiger partial charge is 0.0104 e. The van der Waals surface area contributed by atoms with E-state index in [2.05, 4.69) is 43.4 Å². The van der Waals surface area contributed by atoms with Crippen LogP contribution in [0.3, 0.4) is 0 Å². The molecule has 0 aromatic heterocycles. The number of hydrogen-bond acceptors (Lipinski definition) is 0. The molecular weight excluding hydrogens is 187 g/mol. The largest absolute Gasteiger partial charge is 0.0826 e. The minimum Gasteiger partial charge on any atom is -0.0826 e. The van der Waals surface area contributed by atoms with Crippen LogP contribution < -0.4 is 0 Å². The first-order valence-corrected chi connectivity index (χ1v) is 3.53. The Balaban J connectivity index is 2.99. The zero-order valence-corrected chi connectivity index (χ0v) is 6.69. The Labute approximate surface area is 53.5 Å². The molecule has 0 bridgehead atoms. The van der Waals surface area contributed by atoms with Gasteiger partial charge in [-0.15, -0.1) is 0 Å². The van der Waals surface area contributed by atoms with Crippen LogP contribution >= 0.6 is 22.6 Å². The lowest BCUT2D eigenvalue weighted by Crippen LogP contribution is -1.98. The quantitative estimate of drug-likeness (QED) is 0.448. The van der Waals surface area contributed by atoms with Crippen molar-refractivity contribution in [3.8, 4) is 0 Å². The molecule has 0 heterocycles. The van der Waals surface area contributed by atoms with Crippen LogP contribution in [0.1, 0.15) is 20.8 Å². The molecule has 0 spiro atoms. The minimum absolute atomic E-state index is 0.822. The van der Waals surface area contributed by atoms with Gasteiger partial charge in [0.25, 0.3) is 0 Å². The Morgan fingerprint density at radius 3 is 1.33 bits per heavy atom. The molecule has 0 rings (SSSR count). The van der Waals surface area contributed by atoms with Gasteiger partial charge in [-0.2, -0.15) is 0 Å². The third-order valence-corrected chi connectivity index (χ3v) is 2.36. The zero-order valence-electron chi connectivity index (χ0n) is 4.53. The average molecular weight is 198 g/mol. The standard InChI is InChI=1S/C5H11I/c1-4(2)5(3)6/h4-5H,1-3H3/t5-/m1/s1. The van der Waals surface area contributed by atoms with E-state index in [1.807, 2.05) is 0 Å². The predicted octanol–water partition coefficient (Wildman–Crippen LogP) is 2.47. The van der Waals surface area contributed by atoms with E-state index in [0.717, 1.165) is 9.84 Å². The van der Waals surface area contributed by atoms with Crippen molar-refractivity contribution in [1.82, 2.24) is 0 Å². The van der Waals surface area contributed by atoms with Crippen molar-refractivity contribution in [3.63, 3.8) is 0 Å². The second-order valence-corrected chi connectivity index (χ2v) is 3.89. The molecule has 0 amide bonds. The van der Waals surface area contributed by atoms with E-state index in [0.29, 0.717) is 0 Å². The predicted molar refractivity (Wildman–Crippen MR) is 38.3 cm³/mol. The molecule has 0 aliphatic heterocycles. The first-order chi connectivity index (χ1) is 2.64. The van der Waals surface area contributed by atoms with Crippen molar-refractivity contribution in [1.29, 1.82) is 0 Å². The van der Waals surface area contributed by atoms with Crippen LogP contribution in [0, 0.1) is 5.92 Å². The fourth-order valence-electron chi connectivity index (χ4n) is 0. The third kappa shape index (κ3) is 2.94. The van der Waals surface area contributed by atoms with Gasteiger partial charge in [0.15, 0.2) is 0 Å². The molecule has 0 unspecified atom stereocenters. The lowest BCUT2D eigenvalue weighted by Gasteiger charge is -2.03. The van der Waals surface area contributed by atoms with E-state index in [4.69, 9.17) is 0 Å². The summed E-state index contributed by atoms with van der Waals surface area (Å²) >= 11 is 2.43. The average Bonchev–Trinajstić information content (AvgIpc) is 1.36. The van der Waals surface area contributed by atoms with Gasteiger partial charge in [0.1, 0.15) is 0 Å². The van der Waals surface area contributed by atoms with Crippen LogP contribution in [0.4, 0.5) is 0 Å². The van der Waals surface area contributed by atoms with E-state index in [-0.39, 0.29) is 0 Å². The molecule has 0 saturated carbocycles. The van der Waals surface area contributed by atoms with Gasteiger partial charge in [0.2, 0.25) is 0 Å². The van der Waals surface area contributed by atoms with Crippen molar-refractivity contribution in [2.75, 3.05) is 0 Å². The Morgan fingerprint density at radius 2 is 1.33 bits per heavy atom. The molecule has 0 nitrogen and oxygen atoms in total. The van der Waals surface area contributed by atoms with E-state index in [1.165, 1.54) is 0 Å². The van der Waals surface area contributed by atoms with Crippen LogP contribution in [0.2, 0.25) is 0 Å². The van der Waals surface area contributed by atoms with E-state index < -0.39 is 0 Å². The maximum absolute atomic E-state index is 2.43. The number of rotatable bonds is 1.